The monoisotopic (exact) mass is 272 g/mol. The van der Waals surface area contributed by atoms with Crippen molar-refractivity contribution in [3.63, 3.8) is 0 Å². The molecule has 1 heteroatoms. The largest absolute Gasteiger partial charge is 0.299 e. The van der Waals surface area contributed by atoms with Gasteiger partial charge in [-0.2, -0.15) is 0 Å². The lowest BCUT2D eigenvalue weighted by Gasteiger charge is -2.41. The zero-order valence-electron chi connectivity index (χ0n) is 12.9. The first kappa shape index (κ1) is 15.3. The van der Waals surface area contributed by atoms with Crippen LogP contribution in [0.15, 0.2) is 30.3 Å². The lowest BCUT2D eigenvalue weighted by Crippen LogP contribution is -2.42. The van der Waals surface area contributed by atoms with Crippen LogP contribution in [0.5, 0.6) is 0 Å². The smallest absolute Gasteiger partial charge is 0.143 e. The van der Waals surface area contributed by atoms with E-state index >= 15 is 0 Å². The minimum absolute atomic E-state index is 0.120. The molecule has 0 atom stereocenters. The van der Waals surface area contributed by atoms with E-state index in [1.165, 1.54) is 44.1 Å². The summed E-state index contributed by atoms with van der Waals surface area (Å²) in [6, 6.07) is 10.4. The minimum Gasteiger partial charge on any atom is -0.299 e. The summed E-state index contributed by atoms with van der Waals surface area (Å²) in [5.41, 5.74) is 1.13. The summed E-state index contributed by atoms with van der Waals surface area (Å²) in [5, 5.41) is 0. The third-order valence-electron chi connectivity index (χ3n) is 4.82. The summed E-state index contributed by atoms with van der Waals surface area (Å²) >= 11 is 0. The molecule has 1 aliphatic carbocycles. The van der Waals surface area contributed by atoms with Crippen molar-refractivity contribution in [3.8, 4) is 0 Å². The van der Waals surface area contributed by atoms with E-state index in [-0.39, 0.29) is 5.41 Å². The Kier molecular flexibility index (Phi) is 5.82. The van der Waals surface area contributed by atoms with E-state index < -0.39 is 0 Å². The van der Waals surface area contributed by atoms with Crippen LogP contribution in [-0.2, 0) is 10.2 Å². The van der Waals surface area contributed by atoms with Gasteiger partial charge in [-0.3, -0.25) is 4.79 Å². The Morgan fingerprint density at radius 1 is 1.00 bits per heavy atom. The number of Topliss-reactive ketones (excluding diaryl/α,β-unsaturated/α-hetero) is 1. The second-order valence-corrected chi connectivity index (χ2v) is 6.24. The highest BCUT2D eigenvalue weighted by molar-refractivity contribution is 5.91. The van der Waals surface area contributed by atoms with Gasteiger partial charge in [-0.05, 0) is 24.8 Å². The van der Waals surface area contributed by atoms with E-state index in [2.05, 4.69) is 31.2 Å². The molecule has 1 aromatic rings. The molecule has 1 aromatic carbocycles. The van der Waals surface area contributed by atoms with E-state index in [0.717, 1.165) is 25.7 Å². The van der Waals surface area contributed by atoms with Gasteiger partial charge in [0.25, 0.3) is 0 Å². The van der Waals surface area contributed by atoms with E-state index in [1.54, 1.807) is 0 Å². The number of carbonyl (C=O) groups is 1. The first-order chi connectivity index (χ1) is 9.79. The minimum atomic E-state index is -0.120. The van der Waals surface area contributed by atoms with Crippen LogP contribution in [0.25, 0.3) is 0 Å². The van der Waals surface area contributed by atoms with Crippen LogP contribution >= 0.6 is 0 Å². The highest BCUT2D eigenvalue weighted by atomic mass is 16.1. The van der Waals surface area contributed by atoms with Crippen molar-refractivity contribution < 1.29 is 4.79 Å². The van der Waals surface area contributed by atoms with Crippen LogP contribution in [0.1, 0.15) is 76.7 Å². The number of hydrogen-bond donors (Lipinski definition) is 0. The quantitative estimate of drug-likeness (QED) is 0.548. The van der Waals surface area contributed by atoms with Gasteiger partial charge in [0.05, 0.1) is 5.41 Å². The van der Waals surface area contributed by atoms with Gasteiger partial charge in [-0.1, -0.05) is 75.8 Å². The van der Waals surface area contributed by atoms with Crippen molar-refractivity contribution in [3.05, 3.63) is 35.9 Å². The van der Waals surface area contributed by atoms with Gasteiger partial charge >= 0.3 is 0 Å². The lowest BCUT2D eigenvalue weighted by molar-refractivity contribution is -0.127. The van der Waals surface area contributed by atoms with Crippen LogP contribution in [0.3, 0.4) is 0 Å². The fourth-order valence-corrected chi connectivity index (χ4v) is 3.32. The summed E-state index contributed by atoms with van der Waals surface area (Å²) in [5.74, 6) is 0.491. The van der Waals surface area contributed by atoms with E-state index in [4.69, 9.17) is 0 Å². The summed E-state index contributed by atoms with van der Waals surface area (Å²) in [4.78, 5) is 12.6. The Labute approximate surface area is 123 Å². The van der Waals surface area contributed by atoms with E-state index in [1.807, 2.05) is 6.07 Å². The van der Waals surface area contributed by atoms with Gasteiger partial charge in [0.2, 0.25) is 0 Å². The normalized spacial score (nSPS) is 16.6. The topological polar surface area (TPSA) is 17.1 Å². The fraction of sp³-hybridized carbons (Fsp3) is 0.632. The number of hydrogen-bond acceptors (Lipinski definition) is 1. The van der Waals surface area contributed by atoms with Crippen LogP contribution < -0.4 is 0 Å². The summed E-state index contributed by atoms with van der Waals surface area (Å²) in [6.45, 7) is 2.24. The molecule has 110 valence electrons. The average molecular weight is 272 g/mol. The van der Waals surface area contributed by atoms with Crippen molar-refractivity contribution in [2.45, 2.75) is 76.5 Å². The summed E-state index contributed by atoms with van der Waals surface area (Å²) < 4.78 is 0. The van der Waals surface area contributed by atoms with Gasteiger partial charge in [-0.15, -0.1) is 0 Å². The molecule has 0 bridgehead atoms. The Hall–Kier alpha value is -1.11. The predicted molar refractivity (Wildman–Crippen MR) is 85.0 cm³/mol. The Morgan fingerprint density at radius 3 is 2.25 bits per heavy atom. The summed E-state index contributed by atoms with van der Waals surface area (Å²) in [6.07, 6.45) is 11.6. The molecule has 0 spiro atoms. The molecule has 0 unspecified atom stereocenters. The average Bonchev–Trinajstić information content (AvgIpc) is 2.43. The molecule has 1 aliphatic rings. The zero-order chi connectivity index (χ0) is 14.3. The zero-order valence-corrected chi connectivity index (χ0v) is 12.9. The fourth-order valence-electron chi connectivity index (χ4n) is 3.32. The van der Waals surface area contributed by atoms with Crippen LogP contribution in [-0.4, -0.2) is 5.78 Å². The maximum atomic E-state index is 12.6. The molecule has 20 heavy (non-hydrogen) atoms. The molecule has 0 saturated heterocycles. The molecule has 0 aliphatic heterocycles. The third kappa shape index (κ3) is 3.50. The number of rotatable bonds is 9. The molecule has 0 radical (unpaired) electrons. The second-order valence-electron chi connectivity index (χ2n) is 6.24. The van der Waals surface area contributed by atoms with Gasteiger partial charge in [0.15, 0.2) is 0 Å². The molecule has 1 fully saturated rings. The van der Waals surface area contributed by atoms with Gasteiger partial charge in [0, 0.05) is 6.42 Å². The number of ketones is 1. The van der Waals surface area contributed by atoms with Crippen molar-refractivity contribution >= 4 is 5.78 Å². The molecule has 0 aromatic heterocycles. The number of benzene rings is 1. The van der Waals surface area contributed by atoms with Crippen LogP contribution in [0.4, 0.5) is 0 Å². The highest BCUT2D eigenvalue weighted by Gasteiger charge is 2.44. The van der Waals surface area contributed by atoms with Crippen LogP contribution in [0, 0.1) is 0 Å². The maximum Gasteiger partial charge on any atom is 0.143 e. The summed E-state index contributed by atoms with van der Waals surface area (Å²) in [7, 11) is 0. The molecule has 0 N–H and O–H groups in total. The molecule has 2 rings (SSSR count). The molecule has 1 saturated carbocycles. The molecular formula is C19H28O. The Bertz CT molecular complexity index is 403. The standard InChI is InChI=1S/C19H28O/c1-2-3-4-5-6-10-14-18(20)19(15-11-16-19)17-12-8-7-9-13-17/h7-9,12-13H,2-6,10-11,14-16H2,1H3. The first-order valence-corrected chi connectivity index (χ1v) is 8.38. The SMILES string of the molecule is CCCCCCCCC(=O)C1(c2ccccc2)CCC1. The number of carbonyl (C=O) groups excluding carboxylic acids is 1. The Balaban J connectivity index is 1.81. The predicted octanol–water partition coefficient (Wildman–Crippen LogP) is 5.43. The molecular weight excluding hydrogens is 244 g/mol. The van der Waals surface area contributed by atoms with Gasteiger partial charge in [-0.25, -0.2) is 0 Å². The Morgan fingerprint density at radius 2 is 1.65 bits per heavy atom. The number of unbranched alkanes of at least 4 members (excludes halogenated alkanes) is 5. The third-order valence-corrected chi connectivity index (χ3v) is 4.82. The lowest BCUT2D eigenvalue weighted by atomic mass is 9.61. The maximum absolute atomic E-state index is 12.6. The van der Waals surface area contributed by atoms with Crippen molar-refractivity contribution in [1.29, 1.82) is 0 Å². The molecule has 0 amide bonds. The highest BCUT2D eigenvalue weighted by Crippen LogP contribution is 2.45. The van der Waals surface area contributed by atoms with Crippen molar-refractivity contribution in [2.24, 2.45) is 0 Å². The van der Waals surface area contributed by atoms with Gasteiger partial charge < -0.3 is 0 Å². The van der Waals surface area contributed by atoms with E-state index in [0.29, 0.717) is 5.78 Å². The van der Waals surface area contributed by atoms with Gasteiger partial charge in [0.1, 0.15) is 5.78 Å². The first-order valence-electron chi connectivity index (χ1n) is 8.38. The van der Waals surface area contributed by atoms with E-state index in [9.17, 15) is 4.79 Å². The second kappa shape index (κ2) is 7.61. The molecule has 0 heterocycles. The molecule has 1 nitrogen and oxygen atoms in total. The van der Waals surface area contributed by atoms with Crippen LogP contribution in [0.2, 0.25) is 0 Å². The van der Waals surface area contributed by atoms with Crippen molar-refractivity contribution in [2.75, 3.05) is 0 Å². The van der Waals surface area contributed by atoms with Crippen molar-refractivity contribution in [1.82, 2.24) is 0 Å².